The molecule has 2 aromatic heterocycles. The van der Waals surface area contributed by atoms with E-state index in [4.69, 9.17) is 4.74 Å². The summed E-state index contributed by atoms with van der Waals surface area (Å²) < 4.78 is 7.22. The lowest BCUT2D eigenvalue weighted by atomic mass is 10.1. The van der Waals surface area contributed by atoms with Crippen molar-refractivity contribution in [2.45, 2.75) is 32.8 Å². The van der Waals surface area contributed by atoms with Crippen molar-refractivity contribution in [2.24, 2.45) is 0 Å². The summed E-state index contributed by atoms with van der Waals surface area (Å²) in [6, 6.07) is 20.9. The molecule has 0 radical (unpaired) electrons. The fourth-order valence-corrected chi connectivity index (χ4v) is 3.53. The molecule has 174 valence electrons. The van der Waals surface area contributed by atoms with Gasteiger partial charge in [-0.3, -0.25) is 4.79 Å². The first-order valence-electron chi connectivity index (χ1n) is 11.2. The lowest BCUT2D eigenvalue weighted by Crippen LogP contribution is -2.33. The number of alkyl carbamates (subject to hydrolysis) is 1. The molecule has 7 nitrogen and oxygen atoms in total. The van der Waals surface area contributed by atoms with Gasteiger partial charge >= 0.3 is 6.09 Å². The van der Waals surface area contributed by atoms with Crippen LogP contribution in [0.1, 0.15) is 36.7 Å². The second-order valence-corrected chi connectivity index (χ2v) is 8.98. The van der Waals surface area contributed by atoms with Gasteiger partial charge in [-0.05, 0) is 87.4 Å². The molecule has 34 heavy (non-hydrogen) atoms. The molecule has 0 saturated heterocycles. The molecule has 2 amide bonds. The van der Waals surface area contributed by atoms with Crippen molar-refractivity contribution in [1.29, 1.82) is 0 Å². The maximum Gasteiger partial charge on any atom is 0.407 e. The fourth-order valence-electron chi connectivity index (χ4n) is 3.53. The predicted octanol–water partition coefficient (Wildman–Crippen LogP) is 5.35. The minimum Gasteiger partial charge on any atom is -0.444 e. The topological polar surface area (TPSA) is 85.3 Å². The first-order valence-corrected chi connectivity index (χ1v) is 11.2. The lowest BCUT2D eigenvalue weighted by molar-refractivity contribution is 0.0528. The van der Waals surface area contributed by atoms with Crippen LogP contribution in [0.5, 0.6) is 0 Å². The van der Waals surface area contributed by atoms with E-state index in [1.54, 1.807) is 18.3 Å². The Labute approximate surface area is 198 Å². The minimum absolute atomic E-state index is 0.179. The number of benzene rings is 2. The third-order valence-corrected chi connectivity index (χ3v) is 5.15. The van der Waals surface area contributed by atoms with Crippen LogP contribution in [-0.2, 0) is 11.2 Å². The summed E-state index contributed by atoms with van der Waals surface area (Å²) in [5.41, 5.74) is 3.62. The second kappa shape index (κ2) is 9.79. The van der Waals surface area contributed by atoms with Crippen LogP contribution in [0.3, 0.4) is 0 Å². The molecule has 0 fully saturated rings. The van der Waals surface area contributed by atoms with E-state index in [1.807, 2.05) is 86.1 Å². The third kappa shape index (κ3) is 5.81. The molecule has 0 saturated carbocycles. The number of ether oxygens (including phenoxy) is 1. The van der Waals surface area contributed by atoms with Gasteiger partial charge in [0.15, 0.2) is 0 Å². The molecule has 0 unspecified atom stereocenters. The highest BCUT2D eigenvalue weighted by Crippen LogP contribution is 2.19. The van der Waals surface area contributed by atoms with Gasteiger partial charge in [-0.25, -0.2) is 9.78 Å². The van der Waals surface area contributed by atoms with E-state index in [2.05, 4.69) is 15.6 Å². The zero-order valence-electron chi connectivity index (χ0n) is 19.5. The van der Waals surface area contributed by atoms with Crippen LogP contribution in [0, 0.1) is 0 Å². The van der Waals surface area contributed by atoms with Crippen LogP contribution in [0.15, 0.2) is 79.1 Å². The average Bonchev–Trinajstić information content (AvgIpc) is 3.23. The van der Waals surface area contributed by atoms with Gasteiger partial charge in [-0.15, -0.1) is 0 Å². The number of carbonyl (C=O) groups is 2. The molecular formula is C27H28N4O3. The summed E-state index contributed by atoms with van der Waals surface area (Å²) >= 11 is 0. The standard InChI is InChI=1S/C27H28N4O3/c1-27(2,3)34-26(33)29-17-14-19-6-10-22(11-7-19)30-25(32)21-8-12-23(13-9-21)31-18-15-20-5-4-16-28-24(20)31/h4-13,15-16,18H,14,17H2,1-3H3,(H,29,33)(H,30,32). The molecule has 0 aliphatic rings. The number of amides is 2. The number of hydrogen-bond donors (Lipinski definition) is 2. The average molecular weight is 457 g/mol. The molecule has 7 heteroatoms. The van der Waals surface area contributed by atoms with Gasteiger partial charge in [0.1, 0.15) is 11.2 Å². The molecular weight excluding hydrogens is 428 g/mol. The summed E-state index contributed by atoms with van der Waals surface area (Å²) in [5.74, 6) is -0.179. The van der Waals surface area contributed by atoms with E-state index in [-0.39, 0.29) is 5.91 Å². The molecule has 2 aromatic carbocycles. The molecule has 0 bridgehead atoms. The zero-order chi connectivity index (χ0) is 24.1. The van der Waals surface area contributed by atoms with Gasteiger partial charge in [0, 0.05) is 41.3 Å². The summed E-state index contributed by atoms with van der Waals surface area (Å²) in [6.07, 6.45) is 3.97. The number of hydrogen-bond acceptors (Lipinski definition) is 4. The Morgan fingerprint density at radius 1 is 0.971 bits per heavy atom. The van der Waals surface area contributed by atoms with Crippen molar-refractivity contribution in [3.8, 4) is 5.69 Å². The van der Waals surface area contributed by atoms with Crippen LogP contribution in [0.4, 0.5) is 10.5 Å². The second-order valence-electron chi connectivity index (χ2n) is 8.98. The Hall–Kier alpha value is -4.13. The Morgan fingerprint density at radius 3 is 2.41 bits per heavy atom. The summed E-state index contributed by atoms with van der Waals surface area (Å²) in [6.45, 7) is 5.96. The number of aromatic nitrogens is 2. The van der Waals surface area contributed by atoms with E-state index in [0.717, 1.165) is 22.3 Å². The Kier molecular flexibility index (Phi) is 6.63. The van der Waals surface area contributed by atoms with Gasteiger partial charge in [-0.2, -0.15) is 0 Å². The molecule has 2 N–H and O–H groups in total. The molecule has 4 aromatic rings. The van der Waals surface area contributed by atoms with Crippen molar-refractivity contribution in [2.75, 3.05) is 11.9 Å². The van der Waals surface area contributed by atoms with Crippen molar-refractivity contribution in [3.63, 3.8) is 0 Å². The molecule has 0 aliphatic carbocycles. The highest BCUT2D eigenvalue weighted by atomic mass is 16.6. The Bertz CT molecular complexity index is 1290. The molecule has 0 atom stereocenters. The smallest absolute Gasteiger partial charge is 0.407 e. The van der Waals surface area contributed by atoms with E-state index < -0.39 is 11.7 Å². The largest absolute Gasteiger partial charge is 0.444 e. The SMILES string of the molecule is CC(C)(C)OC(=O)NCCc1ccc(NC(=O)c2ccc(-n3ccc4cccnc43)cc2)cc1. The van der Waals surface area contributed by atoms with Gasteiger partial charge < -0.3 is 19.9 Å². The molecule has 0 aliphatic heterocycles. The van der Waals surface area contributed by atoms with E-state index in [1.165, 1.54) is 0 Å². The number of fused-ring (bicyclic) bond motifs is 1. The third-order valence-electron chi connectivity index (χ3n) is 5.15. The maximum absolute atomic E-state index is 12.7. The normalized spacial score (nSPS) is 11.3. The Morgan fingerprint density at radius 2 is 1.71 bits per heavy atom. The van der Waals surface area contributed by atoms with E-state index in [0.29, 0.717) is 24.2 Å². The molecule has 4 rings (SSSR count). The van der Waals surface area contributed by atoms with Crippen molar-refractivity contribution >= 4 is 28.7 Å². The van der Waals surface area contributed by atoms with Crippen LogP contribution < -0.4 is 10.6 Å². The highest BCUT2D eigenvalue weighted by Gasteiger charge is 2.15. The number of rotatable bonds is 6. The molecule has 2 heterocycles. The van der Waals surface area contributed by atoms with Crippen LogP contribution >= 0.6 is 0 Å². The quantitative estimate of drug-likeness (QED) is 0.410. The van der Waals surface area contributed by atoms with E-state index >= 15 is 0 Å². The van der Waals surface area contributed by atoms with Crippen molar-refractivity contribution in [1.82, 2.24) is 14.9 Å². The van der Waals surface area contributed by atoms with Crippen molar-refractivity contribution in [3.05, 3.63) is 90.3 Å². The number of carbonyl (C=O) groups excluding carboxylic acids is 2. The number of nitrogens with zero attached hydrogens (tertiary/aromatic N) is 2. The van der Waals surface area contributed by atoms with Crippen molar-refractivity contribution < 1.29 is 14.3 Å². The van der Waals surface area contributed by atoms with Crippen LogP contribution in [-0.4, -0.2) is 33.7 Å². The molecule has 0 spiro atoms. The van der Waals surface area contributed by atoms with Gasteiger partial charge in [0.25, 0.3) is 5.91 Å². The summed E-state index contributed by atoms with van der Waals surface area (Å²) in [5, 5.41) is 6.73. The lowest BCUT2D eigenvalue weighted by Gasteiger charge is -2.19. The predicted molar refractivity (Wildman–Crippen MR) is 133 cm³/mol. The highest BCUT2D eigenvalue weighted by molar-refractivity contribution is 6.04. The van der Waals surface area contributed by atoms with Crippen LogP contribution in [0.2, 0.25) is 0 Å². The van der Waals surface area contributed by atoms with Gasteiger partial charge in [0.05, 0.1) is 0 Å². The van der Waals surface area contributed by atoms with Crippen LogP contribution in [0.25, 0.3) is 16.7 Å². The monoisotopic (exact) mass is 456 g/mol. The fraction of sp³-hybridized carbons (Fsp3) is 0.222. The summed E-state index contributed by atoms with van der Waals surface area (Å²) in [7, 11) is 0. The number of pyridine rings is 1. The number of anilines is 1. The minimum atomic E-state index is -0.516. The number of nitrogens with one attached hydrogen (secondary N) is 2. The first kappa shape index (κ1) is 23.0. The Balaban J connectivity index is 1.32. The first-order chi connectivity index (χ1) is 16.3. The van der Waals surface area contributed by atoms with Gasteiger partial charge in [0.2, 0.25) is 0 Å². The zero-order valence-corrected chi connectivity index (χ0v) is 19.5. The summed E-state index contributed by atoms with van der Waals surface area (Å²) in [4.78, 5) is 28.8. The maximum atomic E-state index is 12.7. The van der Waals surface area contributed by atoms with E-state index in [9.17, 15) is 9.59 Å². The van der Waals surface area contributed by atoms with Gasteiger partial charge in [-0.1, -0.05) is 12.1 Å².